The highest BCUT2D eigenvalue weighted by molar-refractivity contribution is 6.32. The first-order valence-electron chi connectivity index (χ1n) is 16.3. The SMILES string of the molecule is CC(Oc1ccccc1Cl)C(=O)Nc1ccc(NC(=O)C2CCC(C(=O)Nc3ccc(NC(=O)C(C)Oc4ccccc4Cl)cc3)CC2)cc1. The number of hydrogen-bond acceptors (Lipinski definition) is 6. The van der Waals surface area contributed by atoms with Crippen molar-refractivity contribution in [3.63, 3.8) is 0 Å². The lowest BCUT2D eigenvalue weighted by molar-refractivity contribution is -0.125. The van der Waals surface area contributed by atoms with Crippen molar-refractivity contribution in [2.75, 3.05) is 21.3 Å². The molecule has 0 heterocycles. The Balaban J connectivity index is 1.02. The minimum absolute atomic E-state index is 0.105. The third kappa shape index (κ3) is 9.99. The van der Waals surface area contributed by atoms with Gasteiger partial charge in [0, 0.05) is 34.6 Å². The molecule has 1 aliphatic carbocycles. The van der Waals surface area contributed by atoms with E-state index < -0.39 is 12.2 Å². The van der Waals surface area contributed by atoms with Crippen molar-refractivity contribution >= 4 is 69.6 Å². The van der Waals surface area contributed by atoms with E-state index in [4.69, 9.17) is 32.7 Å². The maximum Gasteiger partial charge on any atom is 0.265 e. The van der Waals surface area contributed by atoms with Crippen LogP contribution < -0.4 is 30.7 Å². The highest BCUT2D eigenvalue weighted by Gasteiger charge is 2.30. The van der Waals surface area contributed by atoms with Crippen molar-refractivity contribution in [1.82, 2.24) is 0 Å². The van der Waals surface area contributed by atoms with Crippen LogP contribution in [0.4, 0.5) is 22.7 Å². The number of hydrogen-bond donors (Lipinski definition) is 4. The van der Waals surface area contributed by atoms with Gasteiger partial charge in [0.2, 0.25) is 11.8 Å². The van der Waals surface area contributed by atoms with Crippen LogP contribution >= 0.6 is 23.2 Å². The number of halogens is 2. The molecule has 4 aromatic rings. The molecule has 1 fully saturated rings. The van der Waals surface area contributed by atoms with Gasteiger partial charge in [-0.15, -0.1) is 0 Å². The quantitative estimate of drug-likeness (QED) is 0.117. The van der Waals surface area contributed by atoms with Gasteiger partial charge in [0.25, 0.3) is 11.8 Å². The minimum atomic E-state index is -0.775. The highest BCUT2D eigenvalue weighted by Crippen LogP contribution is 2.31. The molecule has 2 atom stereocenters. The number of benzene rings is 4. The smallest absolute Gasteiger partial charge is 0.265 e. The summed E-state index contributed by atoms with van der Waals surface area (Å²) in [6.45, 7) is 3.27. The van der Waals surface area contributed by atoms with Crippen LogP contribution in [0.5, 0.6) is 11.5 Å². The lowest BCUT2D eigenvalue weighted by Crippen LogP contribution is -2.32. The zero-order chi connectivity index (χ0) is 35.6. The van der Waals surface area contributed by atoms with Crippen molar-refractivity contribution in [2.24, 2.45) is 11.8 Å². The van der Waals surface area contributed by atoms with Gasteiger partial charge in [0.1, 0.15) is 11.5 Å². The van der Waals surface area contributed by atoms with Crippen LogP contribution in [0.15, 0.2) is 97.1 Å². The average molecular weight is 718 g/mol. The molecule has 12 heteroatoms. The van der Waals surface area contributed by atoms with Gasteiger partial charge in [-0.3, -0.25) is 19.2 Å². The molecule has 4 N–H and O–H groups in total. The van der Waals surface area contributed by atoms with Crippen LogP contribution in [0.25, 0.3) is 0 Å². The summed E-state index contributed by atoms with van der Waals surface area (Å²) in [6, 6.07) is 27.6. The van der Waals surface area contributed by atoms with Gasteiger partial charge >= 0.3 is 0 Å². The molecule has 0 spiro atoms. The molecule has 1 aliphatic rings. The Morgan fingerprint density at radius 1 is 0.520 bits per heavy atom. The van der Waals surface area contributed by atoms with Gasteiger partial charge in [-0.2, -0.15) is 0 Å². The predicted molar refractivity (Wildman–Crippen MR) is 196 cm³/mol. The average Bonchev–Trinajstić information content (AvgIpc) is 3.11. The van der Waals surface area contributed by atoms with Crippen molar-refractivity contribution in [1.29, 1.82) is 0 Å². The van der Waals surface area contributed by atoms with E-state index in [0.717, 1.165) is 0 Å². The van der Waals surface area contributed by atoms with Gasteiger partial charge < -0.3 is 30.7 Å². The largest absolute Gasteiger partial charge is 0.479 e. The number of rotatable bonds is 12. The van der Waals surface area contributed by atoms with Crippen molar-refractivity contribution in [3.8, 4) is 11.5 Å². The van der Waals surface area contributed by atoms with Crippen molar-refractivity contribution < 1.29 is 28.7 Å². The molecule has 0 aliphatic heterocycles. The van der Waals surface area contributed by atoms with Gasteiger partial charge in [0.15, 0.2) is 12.2 Å². The Labute approximate surface area is 300 Å². The fourth-order valence-electron chi connectivity index (χ4n) is 5.44. The molecular weight excluding hydrogens is 679 g/mol. The Morgan fingerprint density at radius 3 is 1.14 bits per heavy atom. The molecule has 0 radical (unpaired) electrons. The molecule has 4 amide bonds. The molecule has 10 nitrogen and oxygen atoms in total. The molecule has 260 valence electrons. The molecule has 0 aromatic heterocycles. The van der Waals surface area contributed by atoms with Gasteiger partial charge in [-0.25, -0.2) is 0 Å². The summed E-state index contributed by atoms with van der Waals surface area (Å²) in [5.74, 6) is -0.470. The van der Waals surface area contributed by atoms with E-state index in [-0.39, 0.29) is 35.5 Å². The van der Waals surface area contributed by atoms with Crippen LogP contribution in [0.1, 0.15) is 39.5 Å². The summed E-state index contributed by atoms with van der Waals surface area (Å²) >= 11 is 12.2. The monoisotopic (exact) mass is 716 g/mol. The van der Waals surface area contributed by atoms with Crippen LogP contribution in [-0.2, 0) is 19.2 Å². The topological polar surface area (TPSA) is 135 Å². The normalized spacial score (nSPS) is 16.6. The summed E-state index contributed by atoms with van der Waals surface area (Å²) in [5.41, 5.74) is 2.33. The summed E-state index contributed by atoms with van der Waals surface area (Å²) in [6.07, 6.45) is 0.786. The molecule has 0 saturated heterocycles. The van der Waals surface area contributed by atoms with E-state index in [0.29, 0.717) is 70.0 Å². The summed E-state index contributed by atoms with van der Waals surface area (Å²) in [7, 11) is 0. The summed E-state index contributed by atoms with van der Waals surface area (Å²) < 4.78 is 11.3. The predicted octanol–water partition coefficient (Wildman–Crippen LogP) is 8.19. The van der Waals surface area contributed by atoms with Crippen molar-refractivity contribution in [3.05, 3.63) is 107 Å². The van der Waals surface area contributed by atoms with E-state index in [9.17, 15) is 19.2 Å². The Bertz CT molecular complexity index is 1680. The second-order valence-corrected chi connectivity index (χ2v) is 12.9. The van der Waals surface area contributed by atoms with Gasteiger partial charge in [-0.05, 0) is 112 Å². The van der Waals surface area contributed by atoms with E-state index >= 15 is 0 Å². The second-order valence-electron chi connectivity index (χ2n) is 12.0. The van der Waals surface area contributed by atoms with Crippen LogP contribution in [0, 0.1) is 11.8 Å². The fourth-order valence-corrected chi connectivity index (χ4v) is 5.80. The number of nitrogens with one attached hydrogen (secondary N) is 4. The van der Waals surface area contributed by atoms with Crippen LogP contribution in [-0.4, -0.2) is 35.8 Å². The third-order valence-corrected chi connectivity index (χ3v) is 8.95. The number of amides is 4. The zero-order valence-corrected chi connectivity index (χ0v) is 29.1. The van der Waals surface area contributed by atoms with E-state index in [1.54, 1.807) is 111 Å². The minimum Gasteiger partial charge on any atom is -0.479 e. The molecule has 2 unspecified atom stereocenters. The second kappa shape index (κ2) is 17.0. The molecule has 5 rings (SSSR count). The number of carbonyl (C=O) groups is 4. The molecule has 0 bridgehead atoms. The van der Waals surface area contributed by atoms with Crippen LogP contribution in [0.2, 0.25) is 10.0 Å². The van der Waals surface area contributed by atoms with Gasteiger partial charge in [0.05, 0.1) is 10.0 Å². The maximum absolute atomic E-state index is 13.0. The lowest BCUT2D eigenvalue weighted by atomic mass is 9.81. The molecule has 1 saturated carbocycles. The summed E-state index contributed by atoms with van der Waals surface area (Å²) in [5, 5.41) is 12.3. The van der Waals surface area contributed by atoms with Crippen LogP contribution in [0.3, 0.4) is 0 Å². The number of carbonyl (C=O) groups excluding carboxylic acids is 4. The Morgan fingerprint density at radius 2 is 0.820 bits per heavy atom. The molecular formula is C38H38Cl2N4O6. The molecule has 4 aromatic carbocycles. The lowest BCUT2D eigenvalue weighted by Gasteiger charge is -2.27. The summed E-state index contributed by atoms with van der Waals surface area (Å²) in [4.78, 5) is 51.2. The van der Waals surface area contributed by atoms with Crippen molar-refractivity contribution in [2.45, 2.75) is 51.7 Å². The van der Waals surface area contributed by atoms with E-state index in [1.807, 2.05) is 0 Å². The highest BCUT2D eigenvalue weighted by atomic mass is 35.5. The first-order chi connectivity index (χ1) is 24.0. The molecule has 50 heavy (non-hydrogen) atoms. The number of para-hydroxylation sites is 2. The zero-order valence-electron chi connectivity index (χ0n) is 27.6. The fraction of sp³-hybridized carbons (Fsp3) is 0.263. The number of anilines is 4. The number of ether oxygens (including phenoxy) is 2. The van der Waals surface area contributed by atoms with E-state index in [2.05, 4.69) is 21.3 Å². The van der Waals surface area contributed by atoms with E-state index in [1.165, 1.54) is 0 Å². The first kappa shape index (κ1) is 36.2. The Kier molecular flexibility index (Phi) is 12.4. The maximum atomic E-state index is 13.0. The van der Waals surface area contributed by atoms with Gasteiger partial charge in [-0.1, -0.05) is 47.5 Å². The Hall–Kier alpha value is -5.06. The standard InChI is InChI=1S/C38H38Cl2N4O6/c1-23(49-33-9-5-3-7-31(33)39)35(45)41-27-15-19-29(20-16-27)43-37(47)25-11-13-26(14-12-25)38(48)44-30-21-17-28(18-22-30)42-36(46)24(2)50-34-10-6-4-8-32(34)40/h3-10,15-26H,11-14H2,1-2H3,(H,41,45)(H,42,46)(H,43,47)(H,44,48). The first-order valence-corrected chi connectivity index (χ1v) is 17.1. The third-order valence-electron chi connectivity index (χ3n) is 8.33.